The van der Waals surface area contributed by atoms with E-state index in [0.29, 0.717) is 0 Å². The minimum absolute atomic E-state index is 1.08. The number of hydrogen-bond acceptors (Lipinski definition) is 0. The van der Waals surface area contributed by atoms with E-state index in [4.69, 9.17) is 0 Å². The van der Waals surface area contributed by atoms with E-state index >= 15 is 0 Å². The summed E-state index contributed by atoms with van der Waals surface area (Å²) in [4.78, 5) is 0. The highest BCUT2D eigenvalue weighted by Gasteiger charge is 2.15. The van der Waals surface area contributed by atoms with Gasteiger partial charge in [-0.25, -0.2) is 0 Å². The fraction of sp³-hybridized carbons (Fsp3) is 1.00. The van der Waals surface area contributed by atoms with Crippen molar-refractivity contribution in [2.45, 2.75) is 81.9 Å². The summed E-state index contributed by atoms with van der Waals surface area (Å²) in [6.07, 6.45) is 19.7. The summed E-state index contributed by atoms with van der Waals surface area (Å²) < 4.78 is 0. The molecule has 2 rings (SSSR count). The van der Waals surface area contributed by atoms with Gasteiger partial charge < -0.3 is 0 Å². The predicted octanol–water partition coefficient (Wildman–Crippen LogP) is 5.93. The number of hydrogen-bond donors (Lipinski definition) is 0. The molecule has 2 radical (unpaired) electrons. The molecule has 0 aliphatic heterocycles. The Morgan fingerprint density at radius 3 is 1.41 bits per heavy atom. The largest absolute Gasteiger partial charge is 0.0775 e. The van der Waals surface area contributed by atoms with Crippen molar-refractivity contribution in [2.24, 2.45) is 0 Å². The molecule has 98 valence electrons. The summed E-state index contributed by atoms with van der Waals surface area (Å²) in [6, 6.07) is 0. The molecule has 17 heavy (non-hydrogen) atoms. The van der Waals surface area contributed by atoms with Crippen LogP contribution in [0.25, 0.3) is 0 Å². The second-order valence-electron chi connectivity index (χ2n) is 5.75. The van der Waals surface area contributed by atoms with Gasteiger partial charge >= 0.3 is 0 Å². The summed E-state index contributed by atoms with van der Waals surface area (Å²) in [5.74, 6) is 0. The Bertz CT molecular complexity index is 161. The molecule has 0 unspecified atom stereocenters. The van der Waals surface area contributed by atoms with Crippen LogP contribution in [0.1, 0.15) is 70.6 Å². The lowest BCUT2D eigenvalue weighted by atomic mass is 10.0. The van der Waals surface area contributed by atoms with E-state index < -0.39 is 0 Å². The summed E-state index contributed by atoms with van der Waals surface area (Å²) in [7, 11) is 3.58. The van der Waals surface area contributed by atoms with Gasteiger partial charge in [0, 0.05) is 0 Å². The van der Waals surface area contributed by atoms with E-state index in [-0.39, 0.29) is 0 Å². The Morgan fingerprint density at radius 1 is 0.588 bits per heavy atom. The van der Waals surface area contributed by atoms with E-state index in [9.17, 15) is 0 Å². The molecule has 0 N–H and O–H groups in total. The van der Waals surface area contributed by atoms with E-state index in [1.54, 1.807) is 17.2 Å². The SMILES string of the molecule is C1CCC([P]CCC[P]C2CCCCC2)CC1. The van der Waals surface area contributed by atoms with E-state index in [1.165, 1.54) is 83.0 Å². The molecular weight excluding hydrogens is 242 g/mol. The lowest BCUT2D eigenvalue weighted by Gasteiger charge is -2.22. The molecule has 0 spiro atoms. The van der Waals surface area contributed by atoms with Crippen LogP contribution in [0.15, 0.2) is 0 Å². The first-order valence-corrected chi connectivity index (χ1v) is 10.1. The lowest BCUT2D eigenvalue weighted by Crippen LogP contribution is -2.08. The molecule has 0 saturated heterocycles. The van der Waals surface area contributed by atoms with E-state index in [1.807, 2.05) is 0 Å². The van der Waals surface area contributed by atoms with Gasteiger partial charge in [-0.05, 0) is 55.7 Å². The van der Waals surface area contributed by atoms with Crippen LogP contribution in [0, 0.1) is 0 Å². The van der Waals surface area contributed by atoms with Gasteiger partial charge in [0.25, 0.3) is 0 Å². The molecule has 2 heteroatoms. The Hall–Kier alpha value is 0.860. The molecule has 0 aromatic heterocycles. The van der Waals surface area contributed by atoms with Crippen molar-refractivity contribution in [3.8, 4) is 0 Å². The highest BCUT2D eigenvalue weighted by atomic mass is 31.1. The molecule has 2 aliphatic carbocycles. The molecule has 0 bridgehead atoms. The molecule has 0 aromatic rings. The second-order valence-corrected chi connectivity index (χ2v) is 8.83. The zero-order chi connectivity index (χ0) is 11.8. The zero-order valence-electron chi connectivity index (χ0n) is 11.2. The monoisotopic (exact) mass is 270 g/mol. The molecule has 2 saturated carbocycles. The molecular formula is C15H28P2. The van der Waals surface area contributed by atoms with Crippen molar-refractivity contribution >= 4 is 17.2 Å². The normalized spacial score (nSPS) is 25.4. The van der Waals surface area contributed by atoms with Crippen LogP contribution < -0.4 is 0 Å². The van der Waals surface area contributed by atoms with Crippen molar-refractivity contribution in [2.75, 3.05) is 12.3 Å². The highest BCUT2D eigenvalue weighted by Crippen LogP contribution is 2.36. The van der Waals surface area contributed by atoms with Crippen LogP contribution in [0.2, 0.25) is 0 Å². The predicted molar refractivity (Wildman–Crippen MR) is 81.9 cm³/mol. The Balaban J connectivity index is 1.42. The quantitative estimate of drug-likeness (QED) is 0.414. The van der Waals surface area contributed by atoms with Crippen molar-refractivity contribution in [1.82, 2.24) is 0 Å². The molecule has 0 amide bonds. The van der Waals surface area contributed by atoms with Crippen LogP contribution >= 0.6 is 17.2 Å². The van der Waals surface area contributed by atoms with Crippen LogP contribution in [0.3, 0.4) is 0 Å². The molecule has 0 aromatic carbocycles. The maximum atomic E-state index is 1.79. The van der Waals surface area contributed by atoms with Gasteiger partial charge in [0.05, 0.1) is 0 Å². The highest BCUT2D eigenvalue weighted by molar-refractivity contribution is 7.40. The van der Waals surface area contributed by atoms with Crippen molar-refractivity contribution < 1.29 is 0 Å². The summed E-state index contributed by atoms with van der Waals surface area (Å²) in [5.41, 5.74) is 2.16. The zero-order valence-corrected chi connectivity index (χ0v) is 13.0. The maximum absolute atomic E-state index is 1.79. The first-order chi connectivity index (χ1) is 8.45. The third-order valence-electron chi connectivity index (χ3n) is 4.24. The lowest BCUT2D eigenvalue weighted by molar-refractivity contribution is 0.512. The molecule has 2 aliphatic rings. The van der Waals surface area contributed by atoms with E-state index in [2.05, 4.69) is 0 Å². The number of rotatable bonds is 6. The summed E-state index contributed by atoms with van der Waals surface area (Å²) in [6.45, 7) is 0. The molecule has 0 heterocycles. The average Bonchev–Trinajstić information content (AvgIpc) is 2.41. The van der Waals surface area contributed by atoms with Gasteiger partial charge in [-0.3, -0.25) is 0 Å². The Labute approximate surface area is 112 Å². The summed E-state index contributed by atoms with van der Waals surface area (Å²) in [5, 5.41) is 0. The van der Waals surface area contributed by atoms with Gasteiger partial charge in [-0.1, -0.05) is 55.7 Å². The van der Waals surface area contributed by atoms with E-state index in [0.717, 1.165) is 11.3 Å². The topological polar surface area (TPSA) is 0 Å². The van der Waals surface area contributed by atoms with Crippen molar-refractivity contribution in [3.05, 3.63) is 0 Å². The van der Waals surface area contributed by atoms with Crippen molar-refractivity contribution in [1.29, 1.82) is 0 Å². The van der Waals surface area contributed by atoms with Gasteiger partial charge in [0.2, 0.25) is 0 Å². The standard InChI is InChI=1S/C15H28P2/c1-3-8-14(9-4-1)16-12-7-13-17-15-10-5-2-6-11-15/h14-15H,1-13H2. The van der Waals surface area contributed by atoms with Gasteiger partial charge in [-0.2, -0.15) is 0 Å². The fourth-order valence-electron chi connectivity index (χ4n) is 3.15. The summed E-state index contributed by atoms with van der Waals surface area (Å²) >= 11 is 0. The molecule has 0 nitrogen and oxygen atoms in total. The minimum atomic E-state index is 1.08. The minimum Gasteiger partial charge on any atom is -0.0775 e. The Morgan fingerprint density at radius 2 is 1.00 bits per heavy atom. The van der Waals surface area contributed by atoms with Crippen LogP contribution in [0.5, 0.6) is 0 Å². The van der Waals surface area contributed by atoms with Gasteiger partial charge in [0.15, 0.2) is 0 Å². The van der Waals surface area contributed by atoms with Crippen molar-refractivity contribution in [3.63, 3.8) is 0 Å². The van der Waals surface area contributed by atoms with Crippen LogP contribution in [0.4, 0.5) is 0 Å². The third kappa shape index (κ3) is 6.02. The van der Waals surface area contributed by atoms with Crippen LogP contribution in [-0.2, 0) is 0 Å². The third-order valence-corrected chi connectivity index (χ3v) is 7.45. The van der Waals surface area contributed by atoms with Gasteiger partial charge in [0.1, 0.15) is 0 Å². The maximum Gasteiger partial charge on any atom is -0.0170 e. The van der Waals surface area contributed by atoms with Crippen LogP contribution in [-0.4, -0.2) is 23.6 Å². The fourth-order valence-corrected chi connectivity index (χ4v) is 6.27. The first kappa shape index (κ1) is 14.3. The molecule has 2 fully saturated rings. The second kappa shape index (κ2) is 8.87. The smallest absolute Gasteiger partial charge is 0.0170 e. The Kier molecular flexibility index (Phi) is 7.45. The molecule has 0 atom stereocenters. The average molecular weight is 270 g/mol. The van der Waals surface area contributed by atoms with Gasteiger partial charge in [-0.15, -0.1) is 0 Å². The first-order valence-electron chi connectivity index (χ1n) is 7.78.